The van der Waals surface area contributed by atoms with Crippen LogP contribution in [0.15, 0.2) is 24.4 Å². The molecule has 0 aromatic carbocycles. The van der Waals surface area contributed by atoms with E-state index in [0.717, 1.165) is 18.5 Å². The minimum atomic E-state index is 0.762. The molecule has 1 aliphatic carbocycles. The molecule has 2 nitrogen and oxygen atoms in total. The minimum absolute atomic E-state index is 0.762. The van der Waals surface area contributed by atoms with Gasteiger partial charge in [0.2, 0.25) is 0 Å². The molecule has 2 heteroatoms. The lowest BCUT2D eigenvalue weighted by Crippen LogP contribution is -2.34. The van der Waals surface area contributed by atoms with Gasteiger partial charge in [0.25, 0.3) is 0 Å². The van der Waals surface area contributed by atoms with Crippen LogP contribution < -0.4 is 0 Å². The first kappa shape index (κ1) is 11.6. The molecule has 0 saturated heterocycles. The summed E-state index contributed by atoms with van der Waals surface area (Å²) < 4.78 is 0. The number of pyridine rings is 1. The monoisotopic (exact) mass is 218 g/mol. The average molecular weight is 218 g/mol. The Bertz CT molecular complexity index is 302. The molecule has 1 aromatic heterocycles. The van der Waals surface area contributed by atoms with Crippen molar-refractivity contribution in [2.75, 3.05) is 7.05 Å². The van der Waals surface area contributed by atoms with Crippen molar-refractivity contribution in [3.63, 3.8) is 0 Å². The van der Waals surface area contributed by atoms with Crippen molar-refractivity contribution < 1.29 is 0 Å². The SMILES string of the molecule is CN(Cc1ccccn1)[C@H]1CC[C@@H](C)CC1. The Balaban J connectivity index is 1.86. The minimum Gasteiger partial charge on any atom is -0.298 e. The summed E-state index contributed by atoms with van der Waals surface area (Å²) >= 11 is 0. The molecule has 0 bridgehead atoms. The number of nitrogens with zero attached hydrogens (tertiary/aromatic N) is 2. The van der Waals surface area contributed by atoms with Crippen LogP contribution in [0.4, 0.5) is 0 Å². The van der Waals surface area contributed by atoms with Gasteiger partial charge in [0.05, 0.1) is 5.69 Å². The van der Waals surface area contributed by atoms with Crippen LogP contribution in [0.3, 0.4) is 0 Å². The normalized spacial score (nSPS) is 25.9. The summed E-state index contributed by atoms with van der Waals surface area (Å²) in [6.07, 6.45) is 7.36. The summed E-state index contributed by atoms with van der Waals surface area (Å²) in [7, 11) is 2.23. The number of hydrogen-bond acceptors (Lipinski definition) is 2. The molecule has 0 unspecified atom stereocenters. The van der Waals surface area contributed by atoms with Crippen LogP contribution >= 0.6 is 0 Å². The van der Waals surface area contributed by atoms with Gasteiger partial charge in [0, 0.05) is 18.8 Å². The van der Waals surface area contributed by atoms with Gasteiger partial charge in [-0.15, -0.1) is 0 Å². The van der Waals surface area contributed by atoms with Crippen molar-refractivity contribution in [2.24, 2.45) is 5.92 Å². The highest BCUT2D eigenvalue weighted by Gasteiger charge is 2.21. The lowest BCUT2D eigenvalue weighted by molar-refractivity contribution is 0.162. The maximum absolute atomic E-state index is 4.39. The highest BCUT2D eigenvalue weighted by Crippen LogP contribution is 2.26. The molecular weight excluding hydrogens is 196 g/mol. The Hall–Kier alpha value is -0.890. The summed E-state index contributed by atoms with van der Waals surface area (Å²) in [6, 6.07) is 6.92. The molecule has 16 heavy (non-hydrogen) atoms. The summed E-state index contributed by atoms with van der Waals surface area (Å²) in [5.74, 6) is 0.930. The first-order chi connectivity index (χ1) is 7.75. The molecule has 1 fully saturated rings. The van der Waals surface area contributed by atoms with E-state index in [9.17, 15) is 0 Å². The highest BCUT2D eigenvalue weighted by molar-refractivity contribution is 5.03. The third kappa shape index (κ3) is 3.05. The summed E-state index contributed by atoms with van der Waals surface area (Å²) in [4.78, 5) is 6.85. The van der Waals surface area contributed by atoms with E-state index in [4.69, 9.17) is 0 Å². The molecule has 0 N–H and O–H groups in total. The molecule has 1 aliphatic rings. The summed E-state index contributed by atoms with van der Waals surface area (Å²) in [6.45, 7) is 3.36. The fourth-order valence-electron chi connectivity index (χ4n) is 2.56. The van der Waals surface area contributed by atoms with Gasteiger partial charge in [0.1, 0.15) is 0 Å². The maximum Gasteiger partial charge on any atom is 0.0543 e. The standard InChI is InChI=1S/C14H22N2/c1-12-6-8-14(9-7-12)16(2)11-13-5-3-4-10-15-13/h3-5,10,12,14H,6-9,11H2,1-2H3/t12-,14+. The van der Waals surface area contributed by atoms with E-state index < -0.39 is 0 Å². The van der Waals surface area contributed by atoms with Gasteiger partial charge in [0.15, 0.2) is 0 Å². The number of rotatable bonds is 3. The average Bonchev–Trinajstić information content (AvgIpc) is 2.31. The largest absolute Gasteiger partial charge is 0.298 e. The maximum atomic E-state index is 4.39. The Morgan fingerprint density at radius 3 is 2.62 bits per heavy atom. The van der Waals surface area contributed by atoms with Crippen LogP contribution in [-0.4, -0.2) is 23.0 Å². The molecule has 0 aliphatic heterocycles. The van der Waals surface area contributed by atoms with Crippen molar-refractivity contribution in [1.82, 2.24) is 9.88 Å². The zero-order valence-corrected chi connectivity index (χ0v) is 10.4. The zero-order chi connectivity index (χ0) is 11.4. The topological polar surface area (TPSA) is 16.1 Å². The Morgan fingerprint density at radius 1 is 1.25 bits per heavy atom. The van der Waals surface area contributed by atoms with Gasteiger partial charge in [-0.3, -0.25) is 9.88 Å². The molecule has 0 atom stereocenters. The number of hydrogen-bond donors (Lipinski definition) is 0. The Labute approximate surface area is 98.7 Å². The van der Waals surface area contributed by atoms with Crippen LogP contribution in [0.2, 0.25) is 0 Å². The van der Waals surface area contributed by atoms with Crippen LogP contribution in [-0.2, 0) is 6.54 Å². The first-order valence-electron chi connectivity index (χ1n) is 6.36. The van der Waals surface area contributed by atoms with E-state index >= 15 is 0 Å². The third-order valence-corrected chi connectivity index (χ3v) is 3.75. The molecule has 1 heterocycles. The van der Waals surface area contributed by atoms with Crippen LogP contribution in [0.5, 0.6) is 0 Å². The van der Waals surface area contributed by atoms with Crippen LogP contribution in [0.25, 0.3) is 0 Å². The fourth-order valence-corrected chi connectivity index (χ4v) is 2.56. The van der Waals surface area contributed by atoms with Crippen molar-refractivity contribution in [2.45, 2.75) is 45.2 Å². The molecule has 1 aromatic rings. The highest BCUT2D eigenvalue weighted by atomic mass is 15.1. The Kier molecular flexibility index (Phi) is 3.94. The molecule has 2 rings (SSSR count). The van der Waals surface area contributed by atoms with Crippen LogP contribution in [0.1, 0.15) is 38.3 Å². The number of aromatic nitrogens is 1. The molecule has 0 amide bonds. The van der Waals surface area contributed by atoms with E-state index in [1.807, 2.05) is 12.3 Å². The second-order valence-corrected chi connectivity index (χ2v) is 5.15. The third-order valence-electron chi connectivity index (χ3n) is 3.75. The smallest absolute Gasteiger partial charge is 0.0543 e. The van der Waals surface area contributed by atoms with E-state index in [0.29, 0.717) is 0 Å². The lowest BCUT2D eigenvalue weighted by atomic mass is 9.87. The predicted molar refractivity (Wildman–Crippen MR) is 67.1 cm³/mol. The van der Waals surface area contributed by atoms with E-state index in [-0.39, 0.29) is 0 Å². The second kappa shape index (κ2) is 5.44. The van der Waals surface area contributed by atoms with Crippen molar-refractivity contribution in [1.29, 1.82) is 0 Å². The lowest BCUT2D eigenvalue weighted by Gasteiger charge is -2.33. The van der Waals surface area contributed by atoms with Gasteiger partial charge in [-0.1, -0.05) is 13.0 Å². The van der Waals surface area contributed by atoms with Crippen molar-refractivity contribution in [3.05, 3.63) is 30.1 Å². The quantitative estimate of drug-likeness (QED) is 0.775. The molecule has 88 valence electrons. The predicted octanol–water partition coefficient (Wildman–Crippen LogP) is 3.09. The molecule has 0 radical (unpaired) electrons. The second-order valence-electron chi connectivity index (χ2n) is 5.15. The van der Waals surface area contributed by atoms with Gasteiger partial charge < -0.3 is 0 Å². The fraction of sp³-hybridized carbons (Fsp3) is 0.643. The van der Waals surface area contributed by atoms with Crippen LogP contribution in [0, 0.1) is 5.92 Å². The molecule has 1 saturated carbocycles. The molecule has 0 spiro atoms. The van der Waals surface area contributed by atoms with E-state index in [2.05, 4.69) is 36.0 Å². The van der Waals surface area contributed by atoms with Gasteiger partial charge in [-0.05, 0) is 50.8 Å². The van der Waals surface area contributed by atoms with Gasteiger partial charge >= 0.3 is 0 Å². The van der Waals surface area contributed by atoms with Gasteiger partial charge in [-0.2, -0.15) is 0 Å². The van der Waals surface area contributed by atoms with E-state index in [1.54, 1.807) is 0 Å². The zero-order valence-electron chi connectivity index (χ0n) is 10.4. The van der Waals surface area contributed by atoms with E-state index in [1.165, 1.54) is 31.4 Å². The summed E-state index contributed by atoms with van der Waals surface area (Å²) in [5.41, 5.74) is 1.18. The van der Waals surface area contributed by atoms with Crippen molar-refractivity contribution in [3.8, 4) is 0 Å². The summed E-state index contributed by atoms with van der Waals surface area (Å²) in [5, 5.41) is 0. The van der Waals surface area contributed by atoms with Crippen molar-refractivity contribution >= 4 is 0 Å². The first-order valence-corrected chi connectivity index (χ1v) is 6.36. The Morgan fingerprint density at radius 2 is 2.00 bits per heavy atom. The molecular formula is C14H22N2. The van der Waals surface area contributed by atoms with Gasteiger partial charge in [-0.25, -0.2) is 0 Å².